The third-order valence-corrected chi connectivity index (χ3v) is 7.40. The molecule has 5 heterocycles. The van der Waals surface area contributed by atoms with Crippen molar-refractivity contribution in [2.75, 3.05) is 57.3 Å². The molecular formula is C25H37N7O. The number of fused-ring (bicyclic) bond motifs is 1. The second-order valence-corrected chi connectivity index (χ2v) is 9.81. The number of nitrogens with zero attached hydrogens (tertiary/aromatic N) is 6. The quantitative estimate of drug-likeness (QED) is 0.724. The first-order valence-electron chi connectivity index (χ1n) is 12.9. The van der Waals surface area contributed by atoms with Crippen LogP contribution in [-0.2, 0) is 0 Å². The Morgan fingerprint density at radius 3 is 2.21 bits per heavy atom. The monoisotopic (exact) mass is 451 g/mol. The zero-order valence-corrected chi connectivity index (χ0v) is 19.7. The van der Waals surface area contributed by atoms with Crippen molar-refractivity contribution in [2.24, 2.45) is 0 Å². The van der Waals surface area contributed by atoms with E-state index < -0.39 is 0 Å². The average molecular weight is 452 g/mol. The van der Waals surface area contributed by atoms with E-state index in [4.69, 9.17) is 4.98 Å². The fraction of sp³-hybridized carbons (Fsp3) is 0.680. The van der Waals surface area contributed by atoms with Gasteiger partial charge >= 0.3 is 0 Å². The lowest BCUT2D eigenvalue weighted by molar-refractivity contribution is 0.0903. The zero-order valence-electron chi connectivity index (χ0n) is 19.7. The molecule has 0 radical (unpaired) electrons. The minimum absolute atomic E-state index is 0.0935. The molecule has 3 fully saturated rings. The van der Waals surface area contributed by atoms with E-state index in [-0.39, 0.29) is 11.9 Å². The van der Waals surface area contributed by atoms with Crippen molar-refractivity contribution in [3.05, 3.63) is 24.0 Å². The van der Waals surface area contributed by atoms with E-state index in [0.717, 1.165) is 57.0 Å². The summed E-state index contributed by atoms with van der Waals surface area (Å²) in [5.74, 6) is 0.684. The summed E-state index contributed by atoms with van der Waals surface area (Å²) in [6.07, 6.45) is 11.4. The molecule has 1 amide bonds. The molecule has 0 unspecified atom stereocenters. The molecule has 3 saturated heterocycles. The molecule has 1 N–H and O–H groups in total. The Hall–Kier alpha value is -2.32. The van der Waals surface area contributed by atoms with E-state index in [1.807, 2.05) is 6.07 Å². The molecule has 8 nitrogen and oxygen atoms in total. The molecular weight excluding hydrogens is 414 g/mol. The predicted octanol–water partition coefficient (Wildman–Crippen LogP) is 2.70. The van der Waals surface area contributed by atoms with Crippen LogP contribution in [0.4, 0.5) is 5.95 Å². The van der Waals surface area contributed by atoms with E-state index in [9.17, 15) is 4.79 Å². The third-order valence-electron chi connectivity index (χ3n) is 7.40. The number of hydrogen-bond donors (Lipinski definition) is 1. The van der Waals surface area contributed by atoms with Gasteiger partial charge in [0.05, 0.1) is 11.7 Å². The SMILES string of the molecule is O=C(NC1CCN(CCN2CCCC2)CC1)c1ccc2nc(N3CCCCCC3)ncc2n1. The van der Waals surface area contributed by atoms with Crippen molar-refractivity contribution in [1.29, 1.82) is 0 Å². The Morgan fingerprint density at radius 2 is 1.48 bits per heavy atom. The Bertz CT molecular complexity index is 929. The number of aromatic nitrogens is 3. The first-order valence-corrected chi connectivity index (χ1v) is 12.9. The van der Waals surface area contributed by atoms with E-state index >= 15 is 0 Å². The van der Waals surface area contributed by atoms with Gasteiger partial charge < -0.3 is 20.0 Å². The second kappa shape index (κ2) is 10.7. The number of likely N-dealkylation sites (tertiary alicyclic amines) is 2. The number of carbonyl (C=O) groups is 1. The molecule has 2 aromatic heterocycles. The van der Waals surface area contributed by atoms with Crippen molar-refractivity contribution < 1.29 is 4.79 Å². The van der Waals surface area contributed by atoms with Crippen molar-refractivity contribution in [2.45, 2.75) is 57.4 Å². The highest BCUT2D eigenvalue weighted by atomic mass is 16.1. The maximum atomic E-state index is 12.8. The van der Waals surface area contributed by atoms with Crippen LogP contribution < -0.4 is 10.2 Å². The molecule has 178 valence electrons. The normalized spacial score (nSPS) is 21.4. The van der Waals surface area contributed by atoms with Gasteiger partial charge in [-0.05, 0) is 63.7 Å². The Morgan fingerprint density at radius 1 is 0.818 bits per heavy atom. The number of pyridine rings is 1. The molecule has 0 spiro atoms. The second-order valence-electron chi connectivity index (χ2n) is 9.81. The number of carbonyl (C=O) groups excluding carboxylic acids is 1. The van der Waals surface area contributed by atoms with Gasteiger partial charge in [0.2, 0.25) is 5.95 Å². The topological polar surface area (TPSA) is 77.5 Å². The molecule has 0 aromatic carbocycles. The lowest BCUT2D eigenvalue weighted by Gasteiger charge is -2.33. The molecule has 0 bridgehead atoms. The molecule has 5 rings (SSSR count). The Labute approximate surface area is 196 Å². The fourth-order valence-corrected chi connectivity index (χ4v) is 5.31. The molecule has 8 heteroatoms. The highest BCUT2D eigenvalue weighted by molar-refractivity contribution is 5.94. The lowest BCUT2D eigenvalue weighted by Crippen LogP contribution is -2.46. The predicted molar refractivity (Wildman–Crippen MR) is 131 cm³/mol. The summed E-state index contributed by atoms with van der Waals surface area (Å²) in [5, 5.41) is 3.20. The number of rotatable bonds is 6. The van der Waals surface area contributed by atoms with Crippen molar-refractivity contribution in [3.8, 4) is 0 Å². The van der Waals surface area contributed by atoms with Crippen LogP contribution >= 0.6 is 0 Å². The van der Waals surface area contributed by atoms with Crippen LogP contribution in [0, 0.1) is 0 Å². The highest BCUT2D eigenvalue weighted by Crippen LogP contribution is 2.19. The minimum Gasteiger partial charge on any atom is -0.348 e. The highest BCUT2D eigenvalue weighted by Gasteiger charge is 2.23. The number of anilines is 1. The van der Waals surface area contributed by atoms with Gasteiger partial charge in [-0.1, -0.05) is 12.8 Å². The van der Waals surface area contributed by atoms with E-state index in [2.05, 4.69) is 30.0 Å². The van der Waals surface area contributed by atoms with Gasteiger partial charge in [0.25, 0.3) is 5.91 Å². The van der Waals surface area contributed by atoms with Crippen LogP contribution in [0.15, 0.2) is 18.3 Å². The molecule has 2 aromatic rings. The maximum absolute atomic E-state index is 12.8. The van der Waals surface area contributed by atoms with Gasteiger partial charge in [0, 0.05) is 45.3 Å². The van der Waals surface area contributed by atoms with Crippen LogP contribution in [0.1, 0.15) is 61.9 Å². The number of nitrogens with one attached hydrogen (secondary N) is 1. The Kier molecular flexibility index (Phi) is 7.31. The first-order chi connectivity index (χ1) is 16.2. The molecule has 0 atom stereocenters. The van der Waals surface area contributed by atoms with Gasteiger partial charge in [-0.25, -0.2) is 15.0 Å². The first kappa shape index (κ1) is 22.5. The van der Waals surface area contributed by atoms with Gasteiger partial charge in [0.1, 0.15) is 11.2 Å². The van der Waals surface area contributed by atoms with E-state index in [1.165, 1.54) is 58.2 Å². The van der Waals surface area contributed by atoms with Crippen LogP contribution in [0.5, 0.6) is 0 Å². The average Bonchev–Trinajstić information content (AvgIpc) is 3.23. The summed E-state index contributed by atoms with van der Waals surface area (Å²) < 4.78 is 0. The van der Waals surface area contributed by atoms with Crippen molar-refractivity contribution in [3.63, 3.8) is 0 Å². The summed E-state index contributed by atoms with van der Waals surface area (Å²) in [6.45, 7) is 8.97. The maximum Gasteiger partial charge on any atom is 0.270 e. The largest absolute Gasteiger partial charge is 0.348 e. The van der Waals surface area contributed by atoms with Crippen molar-refractivity contribution >= 4 is 22.9 Å². The summed E-state index contributed by atoms with van der Waals surface area (Å²) in [7, 11) is 0. The third kappa shape index (κ3) is 5.79. The van der Waals surface area contributed by atoms with Crippen LogP contribution in [0.3, 0.4) is 0 Å². The Balaban J connectivity index is 1.14. The van der Waals surface area contributed by atoms with Crippen LogP contribution in [-0.4, -0.2) is 89.1 Å². The van der Waals surface area contributed by atoms with E-state index in [1.54, 1.807) is 12.3 Å². The smallest absolute Gasteiger partial charge is 0.270 e. The van der Waals surface area contributed by atoms with Crippen LogP contribution in [0.25, 0.3) is 11.0 Å². The number of piperidine rings is 1. The summed E-state index contributed by atoms with van der Waals surface area (Å²) in [5.41, 5.74) is 1.93. The number of hydrogen-bond acceptors (Lipinski definition) is 7. The van der Waals surface area contributed by atoms with Gasteiger partial charge in [0.15, 0.2) is 0 Å². The minimum atomic E-state index is -0.0935. The van der Waals surface area contributed by atoms with Crippen LogP contribution in [0.2, 0.25) is 0 Å². The molecule has 3 aliphatic heterocycles. The van der Waals surface area contributed by atoms with Gasteiger partial charge in [-0.2, -0.15) is 0 Å². The molecule has 0 saturated carbocycles. The molecule has 0 aliphatic carbocycles. The van der Waals surface area contributed by atoms with Crippen molar-refractivity contribution in [1.82, 2.24) is 30.1 Å². The summed E-state index contributed by atoms with van der Waals surface area (Å²) >= 11 is 0. The summed E-state index contributed by atoms with van der Waals surface area (Å²) in [4.78, 5) is 34.1. The fourth-order valence-electron chi connectivity index (χ4n) is 5.31. The molecule has 3 aliphatic rings. The lowest BCUT2D eigenvalue weighted by atomic mass is 10.0. The zero-order chi connectivity index (χ0) is 22.5. The van der Waals surface area contributed by atoms with Gasteiger partial charge in [-0.15, -0.1) is 0 Å². The van der Waals surface area contributed by atoms with E-state index in [0.29, 0.717) is 11.2 Å². The standard InChI is InChI=1S/C25H37N7O/c33-24(27-20-9-15-31(16-10-20)18-17-30-11-5-6-12-30)22-8-7-21-23(28-22)19-26-25(29-21)32-13-3-1-2-4-14-32/h7-8,19-20H,1-6,9-18H2,(H,27,33). The summed E-state index contributed by atoms with van der Waals surface area (Å²) in [6, 6.07) is 3.92. The number of amides is 1. The molecule has 33 heavy (non-hydrogen) atoms. The van der Waals surface area contributed by atoms with Gasteiger partial charge in [-0.3, -0.25) is 4.79 Å².